The molecule has 9 heteroatoms. The van der Waals surface area contributed by atoms with Crippen LogP contribution in [-0.4, -0.2) is 45.3 Å². The largest absolute Gasteiger partial charge is 0.444 e. The maximum Gasteiger partial charge on any atom is 0.407 e. The van der Waals surface area contributed by atoms with Crippen LogP contribution in [0.25, 0.3) is 28.2 Å². The van der Waals surface area contributed by atoms with Gasteiger partial charge in [0.25, 0.3) is 0 Å². The molecule has 0 unspecified atom stereocenters. The third-order valence-electron chi connectivity index (χ3n) is 6.41. The average molecular weight is 557 g/mol. The zero-order valence-corrected chi connectivity index (χ0v) is 24.4. The number of anilines is 1. The number of alkyl carbamates (subject to hydrolysis) is 1. The second-order valence-corrected chi connectivity index (χ2v) is 11.0. The normalized spacial score (nSPS) is 11.3. The highest BCUT2D eigenvalue weighted by Crippen LogP contribution is 2.28. The quantitative estimate of drug-likeness (QED) is 0.175. The number of rotatable bonds is 11. The Kier molecular flexibility index (Phi) is 9.95. The van der Waals surface area contributed by atoms with E-state index in [0.29, 0.717) is 25.2 Å². The van der Waals surface area contributed by atoms with E-state index >= 15 is 0 Å². The van der Waals surface area contributed by atoms with Crippen LogP contribution in [-0.2, 0) is 11.2 Å². The molecule has 41 heavy (non-hydrogen) atoms. The number of unbranched alkanes of at least 4 members (excludes halogenated alkanes) is 3. The molecule has 0 atom stereocenters. The molecule has 4 rings (SSSR count). The van der Waals surface area contributed by atoms with E-state index in [1.54, 1.807) is 6.20 Å². The first-order valence-corrected chi connectivity index (χ1v) is 14.3. The molecular formula is C32H40N6O3. The molecule has 2 aromatic carbocycles. The predicted octanol–water partition coefficient (Wildman–Crippen LogP) is 6.86. The van der Waals surface area contributed by atoms with Gasteiger partial charge in [0.1, 0.15) is 16.9 Å². The summed E-state index contributed by atoms with van der Waals surface area (Å²) < 4.78 is 7.33. The lowest BCUT2D eigenvalue weighted by atomic mass is 10.1. The molecule has 3 N–H and O–H groups in total. The van der Waals surface area contributed by atoms with Gasteiger partial charge in [0.15, 0.2) is 5.65 Å². The lowest BCUT2D eigenvalue weighted by Gasteiger charge is -2.19. The molecule has 2 aromatic heterocycles. The van der Waals surface area contributed by atoms with Crippen LogP contribution in [0.4, 0.5) is 15.3 Å². The molecule has 0 bridgehead atoms. The van der Waals surface area contributed by atoms with E-state index in [2.05, 4.69) is 27.9 Å². The third-order valence-corrected chi connectivity index (χ3v) is 6.41. The third kappa shape index (κ3) is 8.54. The van der Waals surface area contributed by atoms with Crippen molar-refractivity contribution in [1.29, 1.82) is 0 Å². The molecule has 0 aliphatic carbocycles. The van der Waals surface area contributed by atoms with Crippen molar-refractivity contribution >= 4 is 29.0 Å². The zero-order chi connectivity index (χ0) is 29.2. The summed E-state index contributed by atoms with van der Waals surface area (Å²) in [4.78, 5) is 33.7. The van der Waals surface area contributed by atoms with Gasteiger partial charge in [-0.15, -0.1) is 0 Å². The first-order valence-electron chi connectivity index (χ1n) is 14.3. The molecule has 0 saturated carbocycles. The number of hydrogen-bond acceptors (Lipinski definition) is 5. The van der Waals surface area contributed by atoms with E-state index in [9.17, 15) is 9.59 Å². The first-order chi connectivity index (χ1) is 19.7. The number of amides is 3. The van der Waals surface area contributed by atoms with E-state index in [1.165, 1.54) is 12.8 Å². The van der Waals surface area contributed by atoms with Gasteiger partial charge in [-0.2, -0.15) is 0 Å². The van der Waals surface area contributed by atoms with Crippen molar-refractivity contribution in [2.75, 3.05) is 18.4 Å². The Hall–Kier alpha value is -4.40. The van der Waals surface area contributed by atoms with E-state index in [1.807, 2.05) is 86.0 Å². The predicted molar refractivity (Wildman–Crippen MR) is 163 cm³/mol. The van der Waals surface area contributed by atoms with Gasteiger partial charge in [-0.25, -0.2) is 19.6 Å². The molecule has 0 radical (unpaired) electrons. The Morgan fingerprint density at radius 3 is 2.37 bits per heavy atom. The summed E-state index contributed by atoms with van der Waals surface area (Å²) in [6, 6.07) is 19.4. The van der Waals surface area contributed by atoms with Crippen molar-refractivity contribution in [3.63, 3.8) is 0 Å². The highest BCUT2D eigenvalue weighted by Gasteiger charge is 2.17. The molecule has 2 heterocycles. The van der Waals surface area contributed by atoms with Crippen LogP contribution in [0.3, 0.4) is 0 Å². The summed E-state index contributed by atoms with van der Waals surface area (Å²) in [6.45, 7) is 8.84. The minimum absolute atomic E-state index is 0.202. The number of carbonyl (C=O) groups is 2. The first kappa shape index (κ1) is 29.6. The number of fused-ring (bicyclic) bond motifs is 1. The van der Waals surface area contributed by atoms with Crippen molar-refractivity contribution in [3.8, 4) is 17.1 Å². The second-order valence-electron chi connectivity index (χ2n) is 11.0. The van der Waals surface area contributed by atoms with Crippen molar-refractivity contribution < 1.29 is 14.3 Å². The standard InChI is InChI=1S/C32H40N6O3/c1-5-6-7-8-20-34-30(39)36-25-15-13-24(14-16-25)28-37-27-10-9-21-33-29(27)38(28)26-17-11-23(12-18-26)19-22-35-31(40)41-32(2,3)4/h9-18,21H,5-8,19-20,22H2,1-4H3,(H,35,40)(H2,34,36,39). The molecule has 0 aliphatic heterocycles. The van der Waals surface area contributed by atoms with Crippen LogP contribution in [0.5, 0.6) is 0 Å². The van der Waals surface area contributed by atoms with Gasteiger partial charge in [-0.05, 0) is 87.7 Å². The van der Waals surface area contributed by atoms with E-state index in [-0.39, 0.29) is 6.03 Å². The molecular weight excluding hydrogens is 516 g/mol. The number of benzene rings is 2. The van der Waals surface area contributed by atoms with Crippen molar-refractivity contribution in [1.82, 2.24) is 25.2 Å². The second kappa shape index (κ2) is 13.8. The van der Waals surface area contributed by atoms with E-state index in [4.69, 9.17) is 9.72 Å². The molecule has 0 saturated heterocycles. The lowest BCUT2D eigenvalue weighted by molar-refractivity contribution is 0.0528. The maximum atomic E-state index is 12.3. The van der Waals surface area contributed by atoms with Crippen LogP contribution in [0.15, 0.2) is 66.9 Å². The molecule has 9 nitrogen and oxygen atoms in total. The molecule has 0 fully saturated rings. The van der Waals surface area contributed by atoms with Gasteiger partial charge in [0, 0.05) is 36.2 Å². The van der Waals surface area contributed by atoms with Crippen LogP contribution < -0.4 is 16.0 Å². The summed E-state index contributed by atoms with van der Waals surface area (Å²) in [5.74, 6) is 0.755. The zero-order valence-electron chi connectivity index (χ0n) is 24.4. The topological polar surface area (TPSA) is 110 Å². The number of ether oxygens (including phenoxy) is 1. The highest BCUT2D eigenvalue weighted by atomic mass is 16.6. The monoisotopic (exact) mass is 556 g/mol. The smallest absolute Gasteiger partial charge is 0.407 e. The molecule has 0 spiro atoms. The van der Waals surface area contributed by atoms with E-state index in [0.717, 1.165) is 46.6 Å². The molecule has 4 aromatic rings. The highest BCUT2D eigenvalue weighted by molar-refractivity contribution is 5.89. The number of aromatic nitrogens is 3. The fourth-order valence-electron chi connectivity index (χ4n) is 4.42. The number of nitrogens with one attached hydrogen (secondary N) is 3. The Bertz CT molecular complexity index is 1440. The van der Waals surface area contributed by atoms with Crippen molar-refractivity contribution in [2.45, 2.75) is 65.4 Å². The van der Waals surface area contributed by atoms with Gasteiger partial charge < -0.3 is 20.7 Å². The summed E-state index contributed by atoms with van der Waals surface area (Å²) in [7, 11) is 0. The number of nitrogens with zero attached hydrogens (tertiary/aromatic N) is 3. The van der Waals surface area contributed by atoms with Crippen LogP contribution in [0, 0.1) is 0 Å². The summed E-state index contributed by atoms with van der Waals surface area (Å²) in [6.07, 6.45) is 6.47. The maximum absolute atomic E-state index is 12.3. The number of pyridine rings is 1. The summed E-state index contributed by atoms with van der Waals surface area (Å²) >= 11 is 0. The number of urea groups is 1. The van der Waals surface area contributed by atoms with E-state index < -0.39 is 11.7 Å². The fraction of sp³-hybridized carbons (Fsp3) is 0.375. The minimum Gasteiger partial charge on any atom is -0.444 e. The fourth-order valence-corrected chi connectivity index (χ4v) is 4.42. The average Bonchev–Trinajstić information content (AvgIpc) is 3.32. The Morgan fingerprint density at radius 2 is 1.66 bits per heavy atom. The molecule has 0 aliphatic rings. The number of hydrogen-bond donors (Lipinski definition) is 3. The van der Waals surface area contributed by atoms with Gasteiger partial charge in [-0.1, -0.05) is 38.3 Å². The van der Waals surface area contributed by atoms with Crippen LogP contribution in [0.1, 0.15) is 58.9 Å². The molecule has 3 amide bonds. The Morgan fingerprint density at radius 1 is 0.902 bits per heavy atom. The lowest BCUT2D eigenvalue weighted by Crippen LogP contribution is -2.33. The van der Waals surface area contributed by atoms with Crippen molar-refractivity contribution in [2.24, 2.45) is 0 Å². The number of imidazole rings is 1. The van der Waals surface area contributed by atoms with Gasteiger partial charge in [0.2, 0.25) is 0 Å². The van der Waals surface area contributed by atoms with Crippen molar-refractivity contribution in [3.05, 3.63) is 72.4 Å². The van der Waals surface area contributed by atoms with Crippen LogP contribution >= 0.6 is 0 Å². The van der Waals surface area contributed by atoms with Gasteiger partial charge >= 0.3 is 12.1 Å². The Balaban J connectivity index is 1.46. The van der Waals surface area contributed by atoms with Gasteiger partial charge in [0.05, 0.1) is 0 Å². The SMILES string of the molecule is CCCCCCNC(=O)Nc1ccc(-c2nc3cccnc3n2-c2ccc(CCNC(=O)OC(C)(C)C)cc2)cc1. The van der Waals surface area contributed by atoms with Crippen LogP contribution in [0.2, 0.25) is 0 Å². The van der Waals surface area contributed by atoms with Gasteiger partial charge in [-0.3, -0.25) is 4.57 Å². The summed E-state index contributed by atoms with van der Waals surface area (Å²) in [5, 5.41) is 8.62. The Labute approximate surface area is 241 Å². The summed E-state index contributed by atoms with van der Waals surface area (Å²) in [5.41, 5.74) is 4.65. The molecule has 216 valence electrons. The number of carbonyl (C=O) groups excluding carboxylic acids is 2. The minimum atomic E-state index is -0.524.